The van der Waals surface area contributed by atoms with Crippen LogP contribution in [-0.2, 0) is 0 Å². The number of hydrogen-bond donors (Lipinski definition) is 2. The molecular formula is C28H26Cl2N2O3. The van der Waals surface area contributed by atoms with Crippen LogP contribution in [-0.4, -0.2) is 30.3 Å². The number of fused-ring (bicyclic) bond motifs is 2. The molecule has 0 aromatic heterocycles. The normalized spacial score (nSPS) is 15.6. The molecule has 1 unspecified atom stereocenters. The van der Waals surface area contributed by atoms with Gasteiger partial charge in [0.2, 0.25) is 0 Å². The van der Waals surface area contributed by atoms with E-state index in [0.717, 1.165) is 17.1 Å². The largest absolute Gasteiger partial charge is 0.485 e. The van der Waals surface area contributed by atoms with Crippen molar-refractivity contribution in [3.05, 3.63) is 101 Å². The molecule has 5 nitrogen and oxygen atoms in total. The highest BCUT2D eigenvalue weighted by Crippen LogP contribution is 2.39. The Kier molecular flexibility index (Phi) is 7.51. The lowest BCUT2D eigenvalue weighted by Gasteiger charge is -2.37. The number of para-hydroxylation sites is 2. The van der Waals surface area contributed by atoms with Crippen LogP contribution in [0.3, 0.4) is 0 Å². The van der Waals surface area contributed by atoms with E-state index in [4.69, 9.17) is 16.3 Å². The molecular weight excluding hydrogens is 483 g/mol. The van der Waals surface area contributed by atoms with Crippen LogP contribution >= 0.6 is 24.0 Å². The van der Waals surface area contributed by atoms with Gasteiger partial charge in [-0.3, -0.25) is 0 Å². The van der Waals surface area contributed by atoms with Crippen LogP contribution < -0.4 is 15.0 Å². The van der Waals surface area contributed by atoms with Crippen molar-refractivity contribution in [3.8, 4) is 5.75 Å². The summed E-state index contributed by atoms with van der Waals surface area (Å²) in [6.07, 6.45) is -0.128. The molecule has 2 N–H and O–H groups in total. The number of nitrogens with zero attached hydrogens (tertiary/aromatic N) is 1. The summed E-state index contributed by atoms with van der Waals surface area (Å²) in [7, 11) is 0. The quantitative estimate of drug-likeness (QED) is 0.297. The van der Waals surface area contributed by atoms with Crippen LogP contribution in [0.15, 0.2) is 84.9 Å². The number of benzene rings is 4. The minimum Gasteiger partial charge on any atom is -0.485 e. The van der Waals surface area contributed by atoms with Crippen molar-refractivity contribution in [1.82, 2.24) is 5.32 Å². The molecule has 7 heteroatoms. The molecule has 1 heterocycles. The average molecular weight is 509 g/mol. The standard InChI is InChI=1S/C28H25ClN2O3.ClH/c1-18(22-10-6-8-19-7-2-3-9-23(19)22)30-16-21-17-31(26-11-4-5-12-27(26)34-21)20-13-14-25(29)24(15-20)28(32)33;/h2-15,18,21,30H,16-17H2,1H3,(H,32,33);1H/t18-,21?;/m1./s1. The molecule has 4 aromatic rings. The van der Waals surface area contributed by atoms with Gasteiger partial charge in [-0.25, -0.2) is 4.79 Å². The Morgan fingerprint density at radius 2 is 1.83 bits per heavy atom. The first-order valence-electron chi connectivity index (χ1n) is 11.3. The van der Waals surface area contributed by atoms with Gasteiger partial charge in [0.05, 0.1) is 22.8 Å². The van der Waals surface area contributed by atoms with Crippen LogP contribution in [0, 0.1) is 0 Å². The highest BCUT2D eigenvalue weighted by atomic mass is 35.5. The van der Waals surface area contributed by atoms with E-state index in [-0.39, 0.29) is 35.1 Å². The molecule has 35 heavy (non-hydrogen) atoms. The third-order valence-corrected chi connectivity index (χ3v) is 6.60. The number of ether oxygens (including phenoxy) is 1. The molecule has 4 aromatic carbocycles. The van der Waals surface area contributed by atoms with Crippen molar-refractivity contribution in [1.29, 1.82) is 0 Å². The minimum atomic E-state index is -1.05. The number of rotatable bonds is 6. The topological polar surface area (TPSA) is 61.8 Å². The van der Waals surface area contributed by atoms with Gasteiger partial charge in [-0.05, 0) is 53.6 Å². The highest BCUT2D eigenvalue weighted by Gasteiger charge is 2.28. The fraction of sp³-hybridized carbons (Fsp3) is 0.179. The van der Waals surface area contributed by atoms with Gasteiger partial charge in [-0.1, -0.05) is 66.2 Å². The van der Waals surface area contributed by atoms with E-state index in [1.807, 2.05) is 30.3 Å². The maximum absolute atomic E-state index is 11.6. The second-order valence-corrected chi connectivity index (χ2v) is 8.89. The Bertz CT molecular complexity index is 1360. The van der Waals surface area contributed by atoms with E-state index in [1.54, 1.807) is 12.1 Å². The minimum absolute atomic E-state index is 0. The summed E-state index contributed by atoms with van der Waals surface area (Å²) >= 11 is 6.11. The van der Waals surface area contributed by atoms with Gasteiger partial charge in [0.15, 0.2) is 0 Å². The first-order valence-corrected chi connectivity index (χ1v) is 11.7. The predicted octanol–water partition coefficient (Wildman–Crippen LogP) is 6.86. The van der Waals surface area contributed by atoms with Crippen molar-refractivity contribution in [3.63, 3.8) is 0 Å². The number of carboxylic acid groups (broad SMARTS) is 1. The van der Waals surface area contributed by atoms with Crippen molar-refractivity contribution in [2.45, 2.75) is 19.1 Å². The first-order chi connectivity index (χ1) is 16.5. The third kappa shape index (κ3) is 5.08. The molecule has 1 aliphatic rings. The van der Waals surface area contributed by atoms with Gasteiger partial charge in [0, 0.05) is 18.3 Å². The van der Waals surface area contributed by atoms with Gasteiger partial charge < -0.3 is 20.1 Å². The molecule has 0 amide bonds. The molecule has 0 saturated heterocycles. The fourth-order valence-corrected chi connectivity index (χ4v) is 4.74. The summed E-state index contributed by atoms with van der Waals surface area (Å²) in [6, 6.07) is 27.8. The van der Waals surface area contributed by atoms with Gasteiger partial charge in [0.1, 0.15) is 11.9 Å². The lowest BCUT2D eigenvalue weighted by molar-refractivity contribution is 0.0697. The molecule has 0 radical (unpaired) electrons. The zero-order chi connectivity index (χ0) is 23.7. The summed E-state index contributed by atoms with van der Waals surface area (Å²) in [6.45, 7) is 3.37. The van der Waals surface area contributed by atoms with Gasteiger partial charge in [-0.2, -0.15) is 0 Å². The molecule has 0 bridgehead atoms. The van der Waals surface area contributed by atoms with Crippen LogP contribution in [0.5, 0.6) is 5.75 Å². The van der Waals surface area contributed by atoms with Gasteiger partial charge in [0.25, 0.3) is 0 Å². The number of carbonyl (C=O) groups is 1. The molecule has 0 saturated carbocycles. The Hall–Kier alpha value is -3.25. The molecule has 1 aliphatic heterocycles. The van der Waals surface area contributed by atoms with E-state index in [9.17, 15) is 9.90 Å². The Labute approximate surface area is 215 Å². The lowest BCUT2D eigenvalue weighted by Crippen LogP contribution is -2.44. The summed E-state index contributed by atoms with van der Waals surface area (Å²) in [5.41, 5.74) is 3.00. The molecule has 0 aliphatic carbocycles. The van der Waals surface area contributed by atoms with E-state index in [1.165, 1.54) is 16.3 Å². The first kappa shape index (κ1) is 24.9. The van der Waals surface area contributed by atoms with Crippen LogP contribution in [0.1, 0.15) is 28.9 Å². The SMILES string of the molecule is C[C@@H](NCC1CN(c2ccc(Cl)c(C(=O)O)c2)c2ccccc2O1)c1cccc2ccccc12.Cl. The van der Waals surface area contributed by atoms with Crippen LogP contribution in [0.25, 0.3) is 10.8 Å². The van der Waals surface area contributed by atoms with Gasteiger partial charge in [-0.15, -0.1) is 12.4 Å². The van der Waals surface area contributed by atoms with E-state index in [0.29, 0.717) is 13.1 Å². The summed E-state index contributed by atoms with van der Waals surface area (Å²) < 4.78 is 6.31. The number of halogens is 2. The maximum Gasteiger partial charge on any atom is 0.337 e. The maximum atomic E-state index is 11.6. The summed E-state index contributed by atoms with van der Waals surface area (Å²) in [4.78, 5) is 13.7. The number of nitrogens with one attached hydrogen (secondary N) is 1. The van der Waals surface area contributed by atoms with Crippen molar-refractivity contribution < 1.29 is 14.6 Å². The molecule has 5 rings (SSSR count). The summed E-state index contributed by atoms with van der Waals surface area (Å²) in [5.74, 6) is -0.277. The molecule has 2 atom stereocenters. The van der Waals surface area contributed by atoms with Crippen LogP contribution in [0.2, 0.25) is 5.02 Å². The van der Waals surface area contributed by atoms with Crippen molar-refractivity contribution >= 4 is 52.1 Å². The monoisotopic (exact) mass is 508 g/mol. The van der Waals surface area contributed by atoms with E-state index >= 15 is 0 Å². The second kappa shape index (κ2) is 10.6. The number of hydrogen-bond acceptors (Lipinski definition) is 4. The zero-order valence-electron chi connectivity index (χ0n) is 19.1. The number of carboxylic acids is 1. The van der Waals surface area contributed by atoms with E-state index in [2.05, 4.69) is 59.6 Å². The Balaban J connectivity index is 0.00000289. The fourth-order valence-electron chi connectivity index (χ4n) is 4.54. The summed E-state index contributed by atoms with van der Waals surface area (Å²) in [5, 5.41) is 15.8. The highest BCUT2D eigenvalue weighted by molar-refractivity contribution is 6.33. The number of aromatic carboxylic acids is 1. The molecule has 0 spiro atoms. The van der Waals surface area contributed by atoms with Crippen molar-refractivity contribution in [2.75, 3.05) is 18.0 Å². The molecule has 180 valence electrons. The predicted molar refractivity (Wildman–Crippen MR) is 144 cm³/mol. The smallest absolute Gasteiger partial charge is 0.337 e. The van der Waals surface area contributed by atoms with E-state index < -0.39 is 5.97 Å². The van der Waals surface area contributed by atoms with Gasteiger partial charge >= 0.3 is 5.97 Å². The number of anilines is 2. The Morgan fingerprint density at radius 1 is 1.09 bits per heavy atom. The lowest BCUT2D eigenvalue weighted by atomic mass is 9.99. The average Bonchev–Trinajstić information content (AvgIpc) is 2.86. The third-order valence-electron chi connectivity index (χ3n) is 6.27. The van der Waals surface area contributed by atoms with Crippen LogP contribution in [0.4, 0.5) is 11.4 Å². The molecule has 0 fully saturated rings. The van der Waals surface area contributed by atoms with Crippen molar-refractivity contribution in [2.24, 2.45) is 0 Å². The Morgan fingerprint density at radius 3 is 2.66 bits per heavy atom. The second-order valence-electron chi connectivity index (χ2n) is 8.49. The zero-order valence-corrected chi connectivity index (χ0v) is 20.7.